The first kappa shape index (κ1) is 13.5. The summed E-state index contributed by atoms with van der Waals surface area (Å²) in [6, 6.07) is 0.309. The molecule has 0 bridgehead atoms. The first-order valence-corrected chi connectivity index (χ1v) is 7.16. The highest BCUT2D eigenvalue weighted by atomic mass is 32.1. The van der Waals surface area contributed by atoms with Gasteiger partial charge >= 0.3 is 0 Å². The third-order valence-corrected chi connectivity index (χ3v) is 4.23. The summed E-state index contributed by atoms with van der Waals surface area (Å²) < 4.78 is 0. The third kappa shape index (κ3) is 3.76. The zero-order chi connectivity index (χ0) is 13.0. The first-order chi connectivity index (χ1) is 8.65. The van der Waals surface area contributed by atoms with Gasteiger partial charge in [-0.25, -0.2) is 4.98 Å². The summed E-state index contributed by atoms with van der Waals surface area (Å²) in [6.07, 6.45) is 1.97. The molecule has 1 aliphatic heterocycles. The van der Waals surface area contributed by atoms with E-state index in [1.54, 1.807) is 11.3 Å². The summed E-state index contributed by atoms with van der Waals surface area (Å²) >= 11 is 1.58. The summed E-state index contributed by atoms with van der Waals surface area (Å²) in [6.45, 7) is 4.87. The highest BCUT2D eigenvalue weighted by Crippen LogP contribution is 2.11. The number of aryl methyl sites for hydroxylation is 1. The van der Waals surface area contributed by atoms with Crippen LogP contribution in [0.15, 0.2) is 5.51 Å². The number of nitrogens with one attached hydrogen (secondary N) is 1. The zero-order valence-corrected chi connectivity index (χ0v) is 11.5. The summed E-state index contributed by atoms with van der Waals surface area (Å²) in [4.78, 5) is 19.3. The SMILES string of the molecule is Cc1ncsc1CNC(=O)CN1CCC(N)CC1. The molecule has 0 radical (unpaired) electrons. The van der Waals surface area contributed by atoms with Gasteiger partial charge in [-0.1, -0.05) is 0 Å². The molecule has 0 aromatic carbocycles. The first-order valence-electron chi connectivity index (χ1n) is 6.28. The number of aromatic nitrogens is 1. The molecule has 1 amide bonds. The smallest absolute Gasteiger partial charge is 0.234 e. The van der Waals surface area contributed by atoms with Crippen LogP contribution in [0, 0.1) is 6.92 Å². The molecule has 0 spiro atoms. The minimum absolute atomic E-state index is 0.0817. The van der Waals surface area contributed by atoms with E-state index in [9.17, 15) is 4.79 Å². The van der Waals surface area contributed by atoms with Crippen molar-refractivity contribution >= 4 is 17.2 Å². The van der Waals surface area contributed by atoms with Crippen molar-refractivity contribution < 1.29 is 4.79 Å². The van der Waals surface area contributed by atoms with Gasteiger partial charge in [0.2, 0.25) is 5.91 Å². The quantitative estimate of drug-likeness (QED) is 0.834. The van der Waals surface area contributed by atoms with Crippen LogP contribution >= 0.6 is 11.3 Å². The van der Waals surface area contributed by atoms with E-state index in [2.05, 4.69) is 15.2 Å². The van der Waals surface area contributed by atoms with Crippen LogP contribution in [0.3, 0.4) is 0 Å². The highest BCUT2D eigenvalue weighted by Gasteiger charge is 2.18. The fraction of sp³-hybridized carbons (Fsp3) is 0.667. The molecule has 0 saturated carbocycles. The van der Waals surface area contributed by atoms with E-state index in [0.717, 1.165) is 36.5 Å². The van der Waals surface area contributed by atoms with Gasteiger partial charge in [-0.3, -0.25) is 9.69 Å². The molecule has 1 fully saturated rings. The number of carbonyl (C=O) groups excluding carboxylic acids is 1. The molecule has 18 heavy (non-hydrogen) atoms. The summed E-state index contributed by atoms with van der Waals surface area (Å²) in [5.41, 5.74) is 8.65. The Morgan fingerprint density at radius 1 is 1.61 bits per heavy atom. The van der Waals surface area contributed by atoms with E-state index in [0.29, 0.717) is 19.1 Å². The van der Waals surface area contributed by atoms with Gasteiger partial charge in [0.25, 0.3) is 0 Å². The van der Waals surface area contributed by atoms with Crippen LogP contribution in [0.2, 0.25) is 0 Å². The Hall–Kier alpha value is -0.980. The van der Waals surface area contributed by atoms with Crippen LogP contribution in [-0.2, 0) is 11.3 Å². The maximum absolute atomic E-state index is 11.8. The lowest BCUT2D eigenvalue weighted by Gasteiger charge is -2.29. The van der Waals surface area contributed by atoms with Crippen molar-refractivity contribution in [2.24, 2.45) is 5.73 Å². The minimum Gasteiger partial charge on any atom is -0.350 e. The molecule has 2 heterocycles. The summed E-state index contributed by atoms with van der Waals surface area (Å²) in [5, 5.41) is 2.94. The van der Waals surface area contributed by atoms with Crippen molar-refractivity contribution in [3.63, 3.8) is 0 Å². The van der Waals surface area contributed by atoms with Crippen molar-refractivity contribution in [1.82, 2.24) is 15.2 Å². The number of thiazole rings is 1. The second kappa shape index (κ2) is 6.26. The standard InChI is InChI=1S/C12H20N4OS/c1-9-11(18-8-15-9)6-14-12(17)7-16-4-2-10(13)3-5-16/h8,10H,2-7,13H2,1H3,(H,14,17). The molecule has 1 aromatic rings. The molecule has 5 nitrogen and oxygen atoms in total. The van der Waals surface area contributed by atoms with Gasteiger partial charge in [0.1, 0.15) is 0 Å². The van der Waals surface area contributed by atoms with Crippen molar-refractivity contribution in [2.75, 3.05) is 19.6 Å². The van der Waals surface area contributed by atoms with E-state index < -0.39 is 0 Å². The van der Waals surface area contributed by atoms with Crippen LogP contribution in [0.4, 0.5) is 0 Å². The molecule has 0 aliphatic carbocycles. The predicted molar refractivity (Wildman–Crippen MR) is 72.3 cm³/mol. The van der Waals surface area contributed by atoms with Crippen LogP contribution in [0.1, 0.15) is 23.4 Å². The van der Waals surface area contributed by atoms with Gasteiger partial charge in [-0.05, 0) is 19.8 Å². The average molecular weight is 268 g/mol. The fourth-order valence-electron chi connectivity index (χ4n) is 2.04. The average Bonchev–Trinajstić information content (AvgIpc) is 2.75. The number of hydrogen-bond donors (Lipinski definition) is 2. The van der Waals surface area contributed by atoms with Gasteiger partial charge in [0.05, 0.1) is 24.3 Å². The lowest BCUT2D eigenvalue weighted by atomic mass is 10.1. The molecule has 2 rings (SSSR count). The van der Waals surface area contributed by atoms with Crippen LogP contribution < -0.4 is 11.1 Å². The van der Waals surface area contributed by atoms with Gasteiger partial charge < -0.3 is 11.1 Å². The summed E-state index contributed by atoms with van der Waals surface area (Å²) in [5.74, 6) is 0.0817. The Kier molecular flexibility index (Phi) is 4.68. The Balaban J connectivity index is 1.71. The maximum atomic E-state index is 11.8. The Bertz CT molecular complexity index is 399. The number of hydrogen-bond acceptors (Lipinski definition) is 5. The molecule has 1 aliphatic rings. The summed E-state index contributed by atoms with van der Waals surface area (Å²) in [7, 11) is 0. The molecule has 1 saturated heterocycles. The monoisotopic (exact) mass is 268 g/mol. The number of rotatable bonds is 4. The van der Waals surface area contributed by atoms with E-state index in [1.807, 2.05) is 12.4 Å². The fourth-order valence-corrected chi connectivity index (χ4v) is 2.76. The van der Waals surface area contributed by atoms with Crippen molar-refractivity contribution in [2.45, 2.75) is 32.4 Å². The number of piperidine rings is 1. The lowest BCUT2D eigenvalue weighted by Crippen LogP contribution is -2.44. The second-order valence-electron chi connectivity index (χ2n) is 4.75. The minimum atomic E-state index is 0.0817. The number of nitrogens with two attached hydrogens (primary N) is 1. The normalized spacial score (nSPS) is 17.9. The molecular weight excluding hydrogens is 248 g/mol. The van der Waals surface area contributed by atoms with Gasteiger partial charge in [0.15, 0.2) is 0 Å². The highest BCUT2D eigenvalue weighted by molar-refractivity contribution is 7.09. The number of nitrogens with zero attached hydrogens (tertiary/aromatic N) is 2. The lowest BCUT2D eigenvalue weighted by molar-refractivity contribution is -0.122. The number of carbonyl (C=O) groups is 1. The maximum Gasteiger partial charge on any atom is 0.234 e. The van der Waals surface area contributed by atoms with Crippen molar-refractivity contribution in [3.8, 4) is 0 Å². The van der Waals surface area contributed by atoms with Gasteiger partial charge in [-0.2, -0.15) is 0 Å². The molecule has 0 atom stereocenters. The van der Waals surface area contributed by atoms with Crippen LogP contribution in [-0.4, -0.2) is 41.5 Å². The van der Waals surface area contributed by atoms with E-state index in [1.165, 1.54) is 0 Å². The van der Waals surface area contributed by atoms with E-state index in [4.69, 9.17) is 5.73 Å². The van der Waals surface area contributed by atoms with E-state index in [-0.39, 0.29) is 5.91 Å². The van der Waals surface area contributed by atoms with Crippen LogP contribution in [0.25, 0.3) is 0 Å². The molecular formula is C12H20N4OS. The van der Waals surface area contributed by atoms with Crippen molar-refractivity contribution in [1.29, 1.82) is 0 Å². The molecule has 1 aromatic heterocycles. The largest absolute Gasteiger partial charge is 0.350 e. The second-order valence-corrected chi connectivity index (χ2v) is 5.69. The predicted octanol–water partition coefficient (Wildman–Crippen LogP) is 0.491. The Labute approximate surface area is 111 Å². The van der Waals surface area contributed by atoms with Gasteiger partial charge in [-0.15, -0.1) is 11.3 Å². The van der Waals surface area contributed by atoms with Crippen molar-refractivity contribution in [3.05, 3.63) is 16.1 Å². The number of likely N-dealkylation sites (tertiary alicyclic amines) is 1. The van der Waals surface area contributed by atoms with Crippen LogP contribution in [0.5, 0.6) is 0 Å². The molecule has 100 valence electrons. The third-order valence-electron chi connectivity index (χ3n) is 3.29. The van der Waals surface area contributed by atoms with Gasteiger partial charge in [0, 0.05) is 24.0 Å². The zero-order valence-electron chi connectivity index (χ0n) is 10.7. The topological polar surface area (TPSA) is 71.2 Å². The molecule has 3 N–H and O–H groups in total. The molecule has 6 heteroatoms. The molecule has 0 unspecified atom stereocenters. The van der Waals surface area contributed by atoms with E-state index >= 15 is 0 Å². The Morgan fingerprint density at radius 3 is 2.94 bits per heavy atom. The number of amides is 1. The Morgan fingerprint density at radius 2 is 2.33 bits per heavy atom.